The van der Waals surface area contributed by atoms with Crippen LogP contribution in [0.4, 0.5) is 13.2 Å². The molecule has 0 aromatic heterocycles. The van der Waals surface area contributed by atoms with Crippen LogP contribution in [0.2, 0.25) is 0 Å². The zero-order valence-electron chi connectivity index (χ0n) is 34.6. The van der Waals surface area contributed by atoms with Gasteiger partial charge in [-0.05, 0) is 47.9 Å². The Balaban J connectivity index is 1.58. The van der Waals surface area contributed by atoms with Gasteiger partial charge in [-0.2, -0.15) is 13.2 Å². The number of aliphatic hydroxyl groups excluding tert-OH is 2. The number of alkyl halides is 3. The Kier molecular flexibility index (Phi) is 27.5. The van der Waals surface area contributed by atoms with Crippen LogP contribution in [0.5, 0.6) is 0 Å². The molecular formula is C41H67F3IN2O11P. The Morgan fingerprint density at radius 3 is 1.75 bits per heavy atom. The molecule has 3 N–H and O–H groups in total. The van der Waals surface area contributed by atoms with Crippen molar-refractivity contribution in [1.82, 2.24) is 0 Å². The summed E-state index contributed by atoms with van der Waals surface area (Å²) in [5.74, 6) is -0.756. The predicted molar refractivity (Wildman–Crippen MR) is 224 cm³/mol. The van der Waals surface area contributed by atoms with Crippen molar-refractivity contribution in [2.45, 2.75) is 179 Å². The molecule has 18 heteroatoms. The number of nitrogens with zero attached hydrogens (tertiary/aromatic N) is 2. The van der Waals surface area contributed by atoms with E-state index in [0.717, 1.165) is 57.8 Å². The highest BCUT2D eigenvalue weighted by atomic mass is 125. The largest absolute Gasteiger partial charge is 0.472 e. The van der Waals surface area contributed by atoms with Crippen molar-refractivity contribution in [1.29, 1.82) is 0 Å². The summed E-state index contributed by atoms with van der Waals surface area (Å²) in [6.07, 6.45) is 15.1. The first-order chi connectivity index (χ1) is 28.2. The Hall–Kier alpha value is -1.73. The van der Waals surface area contributed by atoms with E-state index in [1.54, 1.807) is 0 Å². The van der Waals surface area contributed by atoms with Crippen LogP contribution in [0, 0.1) is 3.57 Å². The predicted octanol–water partition coefficient (Wildman–Crippen LogP) is 10.5. The Morgan fingerprint density at radius 2 is 1.25 bits per heavy atom. The summed E-state index contributed by atoms with van der Waals surface area (Å²) in [5, 5.41) is 24.8. The van der Waals surface area contributed by atoms with Gasteiger partial charge in [-0.3, -0.25) is 18.6 Å². The molecular weight excluding hydrogens is 909 g/mol. The molecule has 1 aliphatic heterocycles. The maximum atomic E-state index is 13.3. The lowest BCUT2D eigenvalue weighted by Crippen LogP contribution is -2.30. The average Bonchev–Trinajstić information content (AvgIpc) is 4.03. The van der Waals surface area contributed by atoms with Crippen LogP contribution in [0.1, 0.15) is 159 Å². The molecule has 2 unspecified atom stereocenters. The van der Waals surface area contributed by atoms with Crippen molar-refractivity contribution in [2.24, 2.45) is 10.2 Å². The highest BCUT2D eigenvalue weighted by Crippen LogP contribution is 2.52. The number of phosphoric ester groups is 1. The van der Waals surface area contributed by atoms with Gasteiger partial charge in [0, 0.05) is 34.1 Å². The zero-order chi connectivity index (χ0) is 43.4. The van der Waals surface area contributed by atoms with Crippen molar-refractivity contribution in [3.63, 3.8) is 0 Å². The first-order valence-electron chi connectivity index (χ1n) is 21.4. The molecule has 1 aliphatic rings. The number of hydrogen-bond donors (Lipinski definition) is 3. The second-order valence-corrected chi connectivity index (χ2v) is 17.7. The first kappa shape index (κ1) is 53.4. The summed E-state index contributed by atoms with van der Waals surface area (Å²) in [5.41, 5.74) is -1.96. The van der Waals surface area contributed by atoms with E-state index in [9.17, 15) is 37.3 Å². The van der Waals surface area contributed by atoms with E-state index in [0.29, 0.717) is 28.6 Å². The maximum absolute atomic E-state index is 13.3. The lowest BCUT2D eigenvalue weighted by molar-refractivity contribution is -0.166. The minimum atomic E-state index is -4.61. The van der Waals surface area contributed by atoms with Crippen LogP contribution in [-0.2, 0) is 49.7 Å². The minimum Gasteiger partial charge on any atom is -0.463 e. The molecule has 59 heavy (non-hydrogen) atoms. The van der Waals surface area contributed by atoms with Crippen LogP contribution in [-0.4, -0.2) is 78.5 Å². The highest BCUT2D eigenvalue weighted by Gasteiger charge is 2.65. The van der Waals surface area contributed by atoms with Gasteiger partial charge in [0.1, 0.15) is 25.4 Å². The minimum absolute atomic E-state index is 0.0382. The van der Waals surface area contributed by atoms with Gasteiger partial charge >= 0.3 is 31.6 Å². The number of esters is 2. The third kappa shape index (κ3) is 23.9. The highest BCUT2D eigenvalue weighted by molar-refractivity contribution is 14.1. The molecule has 0 fully saturated rings. The van der Waals surface area contributed by atoms with Gasteiger partial charge in [0.05, 0.1) is 19.8 Å². The van der Waals surface area contributed by atoms with Gasteiger partial charge in [0.25, 0.3) is 0 Å². The number of hydrogen-bond acceptors (Lipinski definition) is 12. The zero-order valence-corrected chi connectivity index (χ0v) is 37.7. The molecule has 0 radical (unpaired) electrons. The van der Waals surface area contributed by atoms with E-state index >= 15 is 0 Å². The second-order valence-electron chi connectivity index (χ2n) is 15.1. The van der Waals surface area contributed by atoms with Crippen molar-refractivity contribution < 1.29 is 65.7 Å². The number of phosphoric acid groups is 1. The third-order valence-corrected chi connectivity index (χ3v) is 11.9. The molecule has 0 bridgehead atoms. The first-order valence-corrected chi connectivity index (χ1v) is 23.9. The molecule has 13 nitrogen and oxygen atoms in total. The fraction of sp³-hybridized carbons (Fsp3) is 0.805. The molecule has 0 aliphatic carbocycles. The van der Waals surface area contributed by atoms with Gasteiger partial charge in [-0.15, -0.1) is 10.2 Å². The Morgan fingerprint density at radius 1 is 0.763 bits per heavy atom. The van der Waals surface area contributed by atoms with Crippen LogP contribution in [0.25, 0.3) is 0 Å². The van der Waals surface area contributed by atoms with E-state index in [-0.39, 0.29) is 43.6 Å². The van der Waals surface area contributed by atoms with Crippen molar-refractivity contribution in [3.8, 4) is 0 Å². The number of carbonyl (C=O) groups excluding carboxylic acids is 2. The molecule has 340 valence electrons. The fourth-order valence-corrected chi connectivity index (χ4v) is 7.66. The van der Waals surface area contributed by atoms with Crippen LogP contribution < -0.4 is 0 Å². The normalized spacial score (nSPS) is 15.5. The summed E-state index contributed by atoms with van der Waals surface area (Å²) >= 11 is 1.91. The second kappa shape index (κ2) is 30.3. The average molecular weight is 977 g/mol. The van der Waals surface area contributed by atoms with E-state index in [1.165, 1.54) is 76.0 Å². The number of benzene rings is 1. The van der Waals surface area contributed by atoms with Crippen LogP contribution in [0.15, 0.2) is 28.4 Å². The number of carbonyl (C=O) groups is 2. The van der Waals surface area contributed by atoms with Crippen LogP contribution in [0.3, 0.4) is 0 Å². The topological polar surface area (TPSA) is 183 Å². The fourth-order valence-electron chi connectivity index (χ4n) is 6.20. The molecule has 0 saturated heterocycles. The van der Waals surface area contributed by atoms with E-state index in [2.05, 4.69) is 17.2 Å². The quantitative estimate of drug-likeness (QED) is 0.0250. The van der Waals surface area contributed by atoms with E-state index < -0.39 is 51.7 Å². The van der Waals surface area contributed by atoms with Crippen molar-refractivity contribution in [2.75, 3.05) is 33.0 Å². The maximum Gasteiger partial charge on any atom is 0.472 e. The van der Waals surface area contributed by atoms with Gasteiger partial charge < -0.3 is 29.3 Å². The molecule has 2 rings (SSSR count). The van der Waals surface area contributed by atoms with Gasteiger partial charge in [-0.25, -0.2) is 4.57 Å². The summed E-state index contributed by atoms with van der Waals surface area (Å²) in [6.45, 7) is 0.685. The molecule has 0 amide bonds. The van der Waals surface area contributed by atoms with Crippen molar-refractivity contribution in [3.05, 3.63) is 32.9 Å². The molecule has 3 atom stereocenters. The lowest BCUT2D eigenvalue weighted by Gasteiger charge is -2.20. The number of aliphatic hydroxyl groups is 2. The number of unbranched alkanes of at least 4 members (excludes halogenated alkanes) is 18. The molecule has 0 spiro atoms. The van der Waals surface area contributed by atoms with E-state index in [1.807, 2.05) is 22.6 Å². The van der Waals surface area contributed by atoms with Gasteiger partial charge in [-0.1, -0.05) is 128 Å². The van der Waals surface area contributed by atoms with Crippen LogP contribution >= 0.6 is 30.4 Å². The molecule has 0 saturated carbocycles. The van der Waals surface area contributed by atoms with Gasteiger partial charge in [0.2, 0.25) is 0 Å². The Labute approximate surface area is 361 Å². The summed E-state index contributed by atoms with van der Waals surface area (Å²) in [6, 6.07) is 4.16. The standard InChI is InChI=1S/C41H67F3IN2O11P/c1-2-3-4-5-6-7-8-9-10-11-13-16-20-23-39(51)56-31-36(32-58-59(52,53)57-30-35(49)28-48)54-26-21-18-15-12-14-17-19-22-38(50)55-29-33-24-25-34(27-37(33)45)40(46-47-40)41(42,43)44/h24-25,27,35-36,48-49H,2-23,26,28-32H2,1H3,(H,52,53)/t35-,36?/m1/s1/i45-2. The third-order valence-electron chi connectivity index (χ3n) is 9.90. The summed E-state index contributed by atoms with van der Waals surface area (Å²) in [7, 11) is -4.56. The van der Waals surface area contributed by atoms with Crippen molar-refractivity contribution >= 4 is 42.4 Å². The monoisotopic (exact) mass is 976 g/mol. The number of rotatable bonds is 37. The summed E-state index contributed by atoms with van der Waals surface area (Å²) in [4.78, 5) is 34.6. The van der Waals surface area contributed by atoms with Gasteiger partial charge in [0.15, 0.2) is 0 Å². The Bertz CT molecular complexity index is 1400. The molecule has 1 aromatic carbocycles. The number of ether oxygens (including phenoxy) is 3. The number of halogens is 4. The smallest absolute Gasteiger partial charge is 0.463 e. The molecule has 1 aromatic rings. The SMILES string of the molecule is CCCCCCCCCCCCCCCC(=O)OCC(COP(=O)(O)OC[C@H](O)CO)OCCCCCCCCCC(=O)OCc1ccc(C2(C(F)(F)F)N=N2)cc1[125I]. The molecule has 1 heterocycles. The lowest BCUT2D eigenvalue weighted by atomic mass is 10.0. The van der Waals surface area contributed by atoms with E-state index in [4.69, 9.17) is 28.4 Å². The summed E-state index contributed by atoms with van der Waals surface area (Å²) < 4.78 is 79.0.